The van der Waals surface area contributed by atoms with Gasteiger partial charge in [-0.3, -0.25) is 9.59 Å². The van der Waals surface area contributed by atoms with Crippen molar-refractivity contribution < 1.29 is 9.59 Å². The van der Waals surface area contributed by atoms with E-state index in [0.717, 1.165) is 19.3 Å². The van der Waals surface area contributed by atoms with Crippen LogP contribution in [0.2, 0.25) is 0 Å². The van der Waals surface area contributed by atoms with Crippen LogP contribution in [0.3, 0.4) is 0 Å². The maximum Gasteiger partial charge on any atom is 0.248 e. The highest BCUT2D eigenvalue weighted by Crippen LogP contribution is 2.31. The SMILES string of the molecule is Cl.NC[C@H]1CCC[C@H]1C(=O)Nc1cccc(C(N)=O)c1. The van der Waals surface area contributed by atoms with Crippen molar-refractivity contribution in [3.05, 3.63) is 29.8 Å². The van der Waals surface area contributed by atoms with Crippen LogP contribution in [0.15, 0.2) is 24.3 Å². The predicted molar refractivity (Wildman–Crippen MR) is 80.7 cm³/mol. The van der Waals surface area contributed by atoms with Crippen molar-refractivity contribution in [2.45, 2.75) is 19.3 Å². The van der Waals surface area contributed by atoms with E-state index < -0.39 is 5.91 Å². The second-order valence-corrected chi connectivity index (χ2v) is 4.97. The molecule has 1 saturated carbocycles. The number of benzene rings is 1. The lowest BCUT2D eigenvalue weighted by molar-refractivity contribution is -0.120. The van der Waals surface area contributed by atoms with Crippen LogP contribution in [0.4, 0.5) is 5.69 Å². The molecule has 0 spiro atoms. The molecule has 0 radical (unpaired) electrons. The molecule has 1 aliphatic carbocycles. The van der Waals surface area contributed by atoms with E-state index in [2.05, 4.69) is 5.32 Å². The average Bonchev–Trinajstić information content (AvgIpc) is 2.87. The molecule has 0 heterocycles. The van der Waals surface area contributed by atoms with E-state index in [0.29, 0.717) is 17.8 Å². The second kappa shape index (κ2) is 7.26. The first-order valence-corrected chi connectivity index (χ1v) is 6.52. The van der Waals surface area contributed by atoms with Gasteiger partial charge in [-0.1, -0.05) is 12.5 Å². The Morgan fingerprint density at radius 2 is 2.05 bits per heavy atom. The summed E-state index contributed by atoms with van der Waals surface area (Å²) < 4.78 is 0. The number of nitrogens with one attached hydrogen (secondary N) is 1. The Labute approximate surface area is 124 Å². The molecule has 2 rings (SSSR count). The van der Waals surface area contributed by atoms with Crippen LogP contribution in [0.25, 0.3) is 0 Å². The number of carbonyl (C=O) groups excluding carboxylic acids is 2. The minimum atomic E-state index is -0.503. The number of nitrogens with two attached hydrogens (primary N) is 2. The zero-order valence-corrected chi connectivity index (χ0v) is 12.0. The van der Waals surface area contributed by atoms with Gasteiger partial charge in [0.1, 0.15) is 0 Å². The van der Waals surface area contributed by atoms with Gasteiger partial charge < -0.3 is 16.8 Å². The molecule has 0 bridgehead atoms. The van der Waals surface area contributed by atoms with Gasteiger partial charge in [0, 0.05) is 17.2 Å². The number of amides is 2. The Morgan fingerprint density at radius 1 is 1.30 bits per heavy atom. The Bertz CT molecular complexity index is 493. The summed E-state index contributed by atoms with van der Waals surface area (Å²) in [6.45, 7) is 0.541. The molecule has 2 amide bonds. The highest BCUT2D eigenvalue weighted by Gasteiger charge is 2.31. The lowest BCUT2D eigenvalue weighted by Crippen LogP contribution is -2.29. The van der Waals surface area contributed by atoms with Crippen LogP contribution in [0.1, 0.15) is 29.6 Å². The molecule has 6 heteroatoms. The summed E-state index contributed by atoms with van der Waals surface area (Å²) in [4.78, 5) is 23.3. The van der Waals surface area contributed by atoms with Crippen LogP contribution < -0.4 is 16.8 Å². The van der Waals surface area contributed by atoms with Gasteiger partial charge in [0.15, 0.2) is 0 Å². The smallest absolute Gasteiger partial charge is 0.248 e. The highest BCUT2D eigenvalue weighted by atomic mass is 35.5. The Kier molecular flexibility index (Phi) is 5.98. The second-order valence-electron chi connectivity index (χ2n) is 4.97. The van der Waals surface area contributed by atoms with Crippen molar-refractivity contribution in [3.63, 3.8) is 0 Å². The summed E-state index contributed by atoms with van der Waals surface area (Å²) >= 11 is 0. The van der Waals surface area contributed by atoms with Crippen molar-refractivity contribution in [1.82, 2.24) is 0 Å². The topological polar surface area (TPSA) is 98.2 Å². The average molecular weight is 298 g/mol. The summed E-state index contributed by atoms with van der Waals surface area (Å²) in [5.74, 6) is -0.284. The molecule has 5 nitrogen and oxygen atoms in total. The maximum absolute atomic E-state index is 12.2. The summed E-state index contributed by atoms with van der Waals surface area (Å²) in [5, 5.41) is 2.84. The fraction of sp³-hybridized carbons (Fsp3) is 0.429. The number of primary amides is 1. The van der Waals surface area contributed by atoms with Crippen molar-refractivity contribution in [1.29, 1.82) is 0 Å². The molecular weight excluding hydrogens is 278 g/mol. The van der Waals surface area contributed by atoms with Crippen LogP contribution in [0, 0.1) is 11.8 Å². The normalized spacial score (nSPS) is 21.1. The van der Waals surface area contributed by atoms with Crippen LogP contribution in [-0.2, 0) is 4.79 Å². The molecule has 0 saturated heterocycles. The lowest BCUT2D eigenvalue weighted by atomic mass is 9.95. The van der Waals surface area contributed by atoms with E-state index >= 15 is 0 Å². The Hall–Kier alpha value is -1.59. The van der Waals surface area contributed by atoms with Gasteiger partial charge in [-0.05, 0) is 43.5 Å². The standard InChI is InChI=1S/C14H19N3O2.ClH/c15-8-10-4-2-6-12(10)14(19)17-11-5-1-3-9(7-11)13(16)18;/h1,3,5,7,10,12H,2,4,6,8,15H2,(H2,16,18)(H,17,19);1H/t10-,12-;/m1./s1. The molecule has 20 heavy (non-hydrogen) atoms. The molecule has 0 aromatic heterocycles. The molecule has 1 aliphatic rings. The number of hydrogen-bond donors (Lipinski definition) is 3. The third kappa shape index (κ3) is 3.71. The van der Waals surface area contributed by atoms with Gasteiger partial charge >= 0.3 is 0 Å². The van der Waals surface area contributed by atoms with E-state index in [-0.39, 0.29) is 30.2 Å². The molecule has 0 unspecified atom stereocenters. The third-order valence-corrected chi connectivity index (χ3v) is 3.71. The van der Waals surface area contributed by atoms with Crippen LogP contribution >= 0.6 is 12.4 Å². The van der Waals surface area contributed by atoms with Gasteiger partial charge in [0.25, 0.3) is 0 Å². The lowest BCUT2D eigenvalue weighted by Gasteiger charge is -2.17. The molecule has 1 fully saturated rings. The quantitative estimate of drug-likeness (QED) is 0.786. The zero-order valence-electron chi connectivity index (χ0n) is 11.2. The molecule has 0 aliphatic heterocycles. The summed E-state index contributed by atoms with van der Waals surface area (Å²) in [5.41, 5.74) is 11.9. The van der Waals surface area contributed by atoms with Gasteiger partial charge in [0.05, 0.1) is 0 Å². The monoisotopic (exact) mass is 297 g/mol. The maximum atomic E-state index is 12.2. The summed E-state index contributed by atoms with van der Waals surface area (Å²) in [6.07, 6.45) is 2.93. The summed E-state index contributed by atoms with van der Waals surface area (Å²) in [6, 6.07) is 6.66. The number of anilines is 1. The van der Waals surface area contributed by atoms with E-state index in [9.17, 15) is 9.59 Å². The minimum Gasteiger partial charge on any atom is -0.366 e. The first-order chi connectivity index (χ1) is 9.11. The third-order valence-electron chi connectivity index (χ3n) is 3.71. The molecular formula is C14H20ClN3O2. The fourth-order valence-electron chi connectivity index (χ4n) is 2.65. The van der Waals surface area contributed by atoms with Crippen molar-refractivity contribution in [2.24, 2.45) is 23.3 Å². The van der Waals surface area contributed by atoms with E-state index in [1.54, 1.807) is 24.3 Å². The minimum absolute atomic E-state index is 0. The van der Waals surface area contributed by atoms with Gasteiger partial charge in [0.2, 0.25) is 11.8 Å². The Morgan fingerprint density at radius 3 is 2.70 bits per heavy atom. The molecule has 1 aromatic rings. The fourth-order valence-corrected chi connectivity index (χ4v) is 2.65. The first-order valence-electron chi connectivity index (χ1n) is 6.52. The van der Waals surface area contributed by atoms with Crippen molar-refractivity contribution in [3.8, 4) is 0 Å². The highest BCUT2D eigenvalue weighted by molar-refractivity contribution is 5.97. The number of rotatable bonds is 4. The molecule has 2 atom stereocenters. The van der Waals surface area contributed by atoms with E-state index in [1.807, 2.05) is 0 Å². The van der Waals surface area contributed by atoms with Crippen LogP contribution in [-0.4, -0.2) is 18.4 Å². The molecule has 1 aromatic carbocycles. The van der Waals surface area contributed by atoms with Gasteiger partial charge in [-0.15, -0.1) is 12.4 Å². The van der Waals surface area contributed by atoms with E-state index in [4.69, 9.17) is 11.5 Å². The zero-order chi connectivity index (χ0) is 13.8. The van der Waals surface area contributed by atoms with Gasteiger partial charge in [-0.25, -0.2) is 0 Å². The molecule has 5 N–H and O–H groups in total. The van der Waals surface area contributed by atoms with Gasteiger partial charge in [-0.2, -0.15) is 0 Å². The largest absolute Gasteiger partial charge is 0.366 e. The Balaban J connectivity index is 0.00000200. The number of hydrogen-bond acceptors (Lipinski definition) is 3. The first kappa shape index (κ1) is 16.5. The van der Waals surface area contributed by atoms with E-state index in [1.165, 1.54) is 0 Å². The van der Waals surface area contributed by atoms with Crippen LogP contribution in [0.5, 0.6) is 0 Å². The number of carbonyl (C=O) groups is 2. The predicted octanol–water partition coefficient (Wildman–Crippen LogP) is 1.52. The molecule has 110 valence electrons. The summed E-state index contributed by atoms with van der Waals surface area (Å²) in [7, 11) is 0. The van der Waals surface area contributed by atoms with Crippen molar-refractivity contribution >= 4 is 29.9 Å². The van der Waals surface area contributed by atoms with Crippen molar-refractivity contribution in [2.75, 3.05) is 11.9 Å². The number of halogens is 1.